The SMILES string of the molecule is C#CC(=O)NCCOc1ccc(N)cc1. The smallest absolute Gasteiger partial charge is 0.295 e. The van der Waals surface area contributed by atoms with Crippen molar-refractivity contribution in [3.8, 4) is 18.1 Å². The fraction of sp³-hybridized carbons (Fsp3) is 0.182. The Bertz CT molecular complexity index is 365. The van der Waals surface area contributed by atoms with Crippen LogP contribution in [0.2, 0.25) is 0 Å². The van der Waals surface area contributed by atoms with Crippen LogP contribution in [0.5, 0.6) is 5.75 Å². The molecule has 0 saturated carbocycles. The van der Waals surface area contributed by atoms with E-state index in [2.05, 4.69) is 5.32 Å². The third kappa shape index (κ3) is 4.05. The highest BCUT2D eigenvalue weighted by atomic mass is 16.5. The fourth-order valence-corrected chi connectivity index (χ4v) is 0.949. The van der Waals surface area contributed by atoms with Crippen molar-refractivity contribution in [3.63, 3.8) is 0 Å². The second-order valence-corrected chi connectivity index (χ2v) is 2.82. The molecular weight excluding hydrogens is 192 g/mol. The zero-order valence-corrected chi connectivity index (χ0v) is 8.19. The Hall–Kier alpha value is -2.15. The van der Waals surface area contributed by atoms with Gasteiger partial charge in [0.15, 0.2) is 0 Å². The number of carbonyl (C=O) groups excluding carboxylic acids is 1. The van der Waals surface area contributed by atoms with Crippen LogP contribution in [0.3, 0.4) is 0 Å². The van der Waals surface area contributed by atoms with Gasteiger partial charge in [-0.15, -0.1) is 6.42 Å². The Kier molecular flexibility index (Phi) is 4.05. The summed E-state index contributed by atoms with van der Waals surface area (Å²) in [7, 11) is 0. The molecule has 0 fully saturated rings. The summed E-state index contributed by atoms with van der Waals surface area (Å²) >= 11 is 0. The molecule has 1 aromatic rings. The first-order valence-corrected chi connectivity index (χ1v) is 4.45. The van der Waals surface area contributed by atoms with Crippen LogP contribution in [0.4, 0.5) is 5.69 Å². The number of benzene rings is 1. The number of ether oxygens (including phenoxy) is 1. The second kappa shape index (κ2) is 5.55. The lowest BCUT2D eigenvalue weighted by Crippen LogP contribution is -2.26. The zero-order chi connectivity index (χ0) is 11.1. The van der Waals surface area contributed by atoms with E-state index in [1.54, 1.807) is 24.3 Å². The van der Waals surface area contributed by atoms with E-state index < -0.39 is 5.91 Å². The quantitative estimate of drug-likeness (QED) is 0.424. The maximum absolute atomic E-state index is 10.6. The van der Waals surface area contributed by atoms with Gasteiger partial charge in [-0.25, -0.2) is 0 Å². The highest BCUT2D eigenvalue weighted by Crippen LogP contribution is 2.12. The molecule has 78 valence electrons. The minimum Gasteiger partial charge on any atom is -0.492 e. The summed E-state index contributed by atoms with van der Waals surface area (Å²) in [6, 6.07) is 7.02. The third-order valence-corrected chi connectivity index (χ3v) is 1.67. The molecule has 15 heavy (non-hydrogen) atoms. The largest absolute Gasteiger partial charge is 0.492 e. The highest BCUT2D eigenvalue weighted by Gasteiger charge is 1.95. The molecule has 0 aliphatic carbocycles. The van der Waals surface area contributed by atoms with E-state index in [0.717, 1.165) is 0 Å². The molecule has 0 heterocycles. The average molecular weight is 204 g/mol. The normalized spacial score (nSPS) is 9.00. The van der Waals surface area contributed by atoms with Gasteiger partial charge in [0.2, 0.25) is 0 Å². The summed E-state index contributed by atoms with van der Waals surface area (Å²) in [5, 5.41) is 2.49. The van der Waals surface area contributed by atoms with Gasteiger partial charge in [0.05, 0.1) is 6.54 Å². The van der Waals surface area contributed by atoms with E-state index in [0.29, 0.717) is 24.6 Å². The topological polar surface area (TPSA) is 64.3 Å². The maximum atomic E-state index is 10.6. The molecule has 0 radical (unpaired) electrons. The molecule has 0 unspecified atom stereocenters. The fourth-order valence-electron chi connectivity index (χ4n) is 0.949. The number of hydrogen-bond acceptors (Lipinski definition) is 3. The van der Waals surface area contributed by atoms with Gasteiger partial charge in [0.1, 0.15) is 12.4 Å². The first-order chi connectivity index (χ1) is 7.22. The van der Waals surface area contributed by atoms with Gasteiger partial charge in [-0.05, 0) is 30.2 Å². The summed E-state index contributed by atoms with van der Waals surface area (Å²) in [6.45, 7) is 0.755. The lowest BCUT2D eigenvalue weighted by atomic mass is 10.3. The summed E-state index contributed by atoms with van der Waals surface area (Å²) in [6.07, 6.45) is 4.87. The highest BCUT2D eigenvalue weighted by molar-refractivity contribution is 5.92. The number of anilines is 1. The molecule has 0 aromatic heterocycles. The summed E-state index contributed by atoms with van der Waals surface area (Å²) in [5.41, 5.74) is 6.19. The van der Waals surface area contributed by atoms with Gasteiger partial charge in [-0.1, -0.05) is 0 Å². The molecular formula is C11H12N2O2. The van der Waals surface area contributed by atoms with E-state index in [1.807, 2.05) is 5.92 Å². The molecule has 0 aliphatic rings. The Labute approximate surface area is 88.4 Å². The minimum atomic E-state index is -0.434. The summed E-state index contributed by atoms with van der Waals surface area (Å²) in [4.78, 5) is 10.6. The first-order valence-electron chi connectivity index (χ1n) is 4.45. The van der Waals surface area contributed by atoms with Crippen LogP contribution in [-0.4, -0.2) is 19.1 Å². The third-order valence-electron chi connectivity index (χ3n) is 1.67. The Balaban J connectivity index is 2.24. The lowest BCUT2D eigenvalue weighted by molar-refractivity contribution is -0.115. The van der Waals surface area contributed by atoms with Crippen molar-refractivity contribution in [2.75, 3.05) is 18.9 Å². The van der Waals surface area contributed by atoms with E-state index in [9.17, 15) is 4.79 Å². The van der Waals surface area contributed by atoms with Gasteiger partial charge in [-0.2, -0.15) is 0 Å². The molecule has 1 amide bonds. The maximum Gasteiger partial charge on any atom is 0.295 e. The predicted molar refractivity (Wildman–Crippen MR) is 58.2 cm³/mol. The van der Waals surface area contributed by atoms with Crippen LogP contribution in [0, 0.1) is 12.3 Å². The van der Waals surface area contributed by atoms with Crippen LogP contribution >= 0.6 is 0 Å². The summed E-state index contributed by atoms with van der Waals surface area (Å²) in [5.74, 6) is 2.22. The molecule has 4 heteroatoms. The molecule has 0 spiro atoms. The molecule has 4 nitrogen and oxygen atoms in total. The van der Waals surface area contributed by atoms with Crippen molar-refractivity contribution >= 4 is 11.6 Å². The van der Waals surface area contributed by atoms with Crippen molar-refractivity contribution in [3.05, 3.63) is 24.3 Å². The van der Waals surface area contributed by atoms with Crippen molar-refractivity contribution in [1.29, 1.82) is 0 Å². The monoisotopic (exact) mass is 204 g/mol. The number of nitrogen functional groups attached to an aromatic ring is 1. The van der Waals surface area contributed by atoms with Gasteiger partial charge in [-0.3, -0.25) is 4.79 Å². The number of hydrogen-bond donors (Lipinski definition) is 2. The van der Waals surface area contributed by atoms with Crippen LogP contribution in [-0.2, 0) is 4.79 Å². The van der Waals surface area contributed by atoms with Crippen molar-refractivity contribution < 1.29 is 9.53 Å². The van der Waals surface area contributed by atoms with Crippen LogP contribution in [0.1, 0.15) is 0 Å². The van der Waals surface area contributed by atoms with Crippen molar-refractivity contribution in [2.24, 2.45) is 0 Å². The molecule has 0 bridgehead atoms. The minimum absolute atomic E-state index is 0.372. The van der Waals surface area contributed by atoms with Gasteiger partial charge < -0.3 is 15.8 Å². The summed E-state index contributed by atoms with van der Waals surface area (Å²) < 4.78 is 5.32. The average Bonchev–Trinajstić information content (AvgIpc) is 2.26. The molecule has 0 saturated heterocycles. The number of terminal acetylenes is 1. The number of rotatable bonds is 4. The van der Waals surface area contributed by atoms with E-state index in [-0.39, 0.29) is 0 Å². The molecule has 0 atom stereocenters. The second-order valence-electron chi connectivity index (χ2n) is 2.82. The predicted octanol–water partition coefficient (Wildman–Crippen LogP) is 0.397. The standard InChI is InChI=1S/C11H12N2O2/c1-2-11(14)13-7-8-15-10-5-3-9(12)4-6-10/h1,3-6H,7-8,12H2,(H,13,14). The lowest BCUT2D eigenvalue weighted by Gasteiger charge is -2.05. The number of carbonyl (C=O) groups is 1. The van der Waals surface area contributed by atoms with E-state index >= 15 is 0 Å². The molecule has 0 aliphatic heterocycles. The molecule has 1 aromatic carbocycles. The molecule has 3 N–H and O–H groups in total. The van der Waals surface area contributed by atoms with Gasteiger partial charge >= 0.3 is 0 Å². The molecule has 1 rings (SSSR count). The number of nitrogens with one attached hydrogen (secondary N) is 1. The van der Waals surface area contributed by atoms with Crippen molar-refractivity contribution in [1.82, 2.24) is 5.32 Å². The van der Waals surface area contributed by atoms with Crippen LogP contribution in [0.25, 0.3) is 0 Å². The number of nitrogens with two attached hydrogens (primary N) is 1. The van der Waals surface area contributed by atoms with E-state index in [4.69, 9.17) is 16.9 Å². The van der Waals surface area contributed by atoms with Crippen LogP contribution < -0.4 is 15.8 Å². The van der Waals surface area contributed by atoms with Gasteiger partial charge in [0.25, 0.3) is 5.91 Å². The van der Waals surface area contributed by atoms with Crippen LogP contribution in [0.15, 0.2) is 24.3 Å². The number of amides is 1. The Morgan fingerprint density at radius 1 is 1.47 bits per heavy atom. The van der Waals surface area contributed by atoms with Crippen molar-refractivity contribution in [2.45, 2.75) is 0 Å². The Morgan fingerprint density at radius 3 is 2.73 bits per heavy atom. The zero-order valence-electron chi connectivity index (χ0n) is 8.19. The first kappa shape index (κ1) is 10.9. The Morgan fingerprint density at radius 2 is 2.13 bits per heavy atom. The van der Waals surface area contributed by atoms with Gasteiger partial charge in [0, 0.05) is 5.69 Å². The van der Waals surface area contributed by atoms with E-state index in [1.165, 1.54) is 0 Å².